The molecule has 0 fully saturated rings. The molecule has 0 spiro atoms. The zero-order valence-corrected chi connectivity index (χ0v) is 9.37. The minimum atomic E-state index is -3.32. The normalized spacial score (nSPS) is 12.8. The van der Waals surface area contributed by atoms with E-state index in [1.165, 1.54) is 11.3 Å². The van der Waals surface area contributed by atoms with E-state index in [9.17, 15) is 8.42 Å². The van der Waals surface area contributed by atoms with E-state index in [1.54, 1.807) is 32.3 Å². The quantitative estimate of drug-likeness (QED) is 0.825. The SMILES string of the molecule is CC(C)(C)S(=O)(=O)Nc1nccs1. The highest BCUT2D eigenvalue weighted by atomic mass is 32.2. The van der Waals surface area contributed by atoms with Crippen LogP contribution in [0.4, 0.5) is 5.13 Å². The van der Waals surface area contributed by atoms with Crippen LogP contribution in [-0.4, -0.2) is 18.1 Å². The summed E-state index contributed by atoms with van der Waals surface area (Å²) in [5, 5.41) is 2.13. The van der Waals surface area contributed by atoms with Crippen molar-refractivity contribution in [1.29, 1.82) is 0 Å². The molecule has 74 valence electrons. The van der Waals surface area contributed by atoms with Crippen molar-refractivity contribution in [2.24, 2.45) is 0 Å². The van der Waals surface area contributed by atoms with Gasteiger partial charge in [-0.2, -0.15) is 0 Å². The fourth-order valence-corrected chi connectivity index (χ4v) is 2.02. The predicted octanol–water partition coefficient (Wildman–Crippen LogP) is 1.68. The van der Waals surface area contributed by atoms with Gasteiger partial charge in [0.05, 0.1) is 4.75 Å². The molecule has 0 saturated carbocycles. The van der Waals surface area contributed by atoms with Gasteiger partial charge in [0.1, 0.15) is 0 Å². The van der Waals surface area contributed by atoms with Crippen molar-refractivity contribution in [3.63, 3.8) is 0 Å². The van der Waals surface area contributed by atoms with Gasteiger partial charge in [-0.3, -0.25) is 4.72 Å². The van der Waals surface area contributed by atoms with E-state index in [1.807, 2.05) is 0 Å². The molecule has 0 radical (unpaired) electrons. The number of aromatic nitrogens is 1. The summed E-state index contributed by atoms with van der Waals surface area (Å²) in [7, 11) is -3.32. The Balaban J connectivity index is 2.87. The molecule has 6 heteroatoms. The first-order valence-electron chi connectivity index (χ1n) is 3.75. The Morgan fingerprint density at radius 3 is 2.46 bits per heavy atom. The first-order chi connectivity index (χ1) is 5.83. The van der Waals surface area contributed by atoms with Gasteiger partial charge in [-0.1, -0.05) is 0 Å². The Morgan fingerprint density at radius 2 is 2.08 bits per heavy atom. The summed E-state index contributed by atoms with van der Waals surface area (Å²) in [6.07, 6.45) is 1.56. The number of thiazole rings is 1. The maximum atomic E-state index is 11.6. The zero-order chi connectivity index (χ0) is 10.1. The first kappa shape index (κ1) is 10.5. The second-order valence-electron chi connectivity index (χ2n) is 3.56. The highest BCUT2D eigenvalue weighted by Crippen LogP contribution is 2.20. The number of nitrogens with one attached hydrogen (secondary N) is 1. The van der Waals surface area contributed by atoms with Crippen molar-refractivity contribution in [3.05, 3.63) is 11.6 Å². The Morgan fingerprint density at radius 1 is 1.46 bits per heavy atom. The molecule has 1 aromatic heterocycles. The summed E-state index contributed by atoms with van der Waals surface area (Å²) in [4.78, 5) is 3.84. The summed E-state index contributed by atoms with van der Waals surface area (Å²) in [6, 6.07) is 0. The molecule has 1 rings (SSSR count). The maximum absolute atomic E-state index is 11.6. The first-order valence-corrected chi connectivity index (χ1v) is 6.11. The third-order valence-corrected chi connectivity index (χ3v) is 4.35. The molecule has 0 aliphatic carbocycles. The van der Waals surface area contributed by atoms with Crippen molar-refractivity contribution in [3.8, 4) is 0 Å². The van der Waals surface area contributed by atoms with Crippen molar-refractivity contribution in [2.45, 2.75) is 25.5 Å². The molecule has 0 unspecified atom stereocenters. The summed E-state index contributed by atoms with van der Waals surface area (Å²) < 4.78 is 24.8. The van der Waals surface area contributed by atoms with Gasteiger partial charge in [0.25, 0.3) is 0 Å². The van der Waals surface area contributed by atoms with Crippen LogP contribution in [0.15, 0.2) is 11.6 Å². The van der Waals surface area contributed by atoms with Gasteiger partial charge in [-0.05, 0) is 20.8 Å². The number of hydrogen-bond donors (Lipinski definition) is 1. The van der Waals surface area contributed by atoms with E-state index < -0.39 is 14.8 Å². The zero-order valence-electron chi connectivity index (χ0n) is 7.73. The van der Waals surface area contributed by atoms with Crippen molar-refractivity contribution in [1.82, 2.24) is 4.98 Å². The number of anilines is 1. The molecule has 0 amide bonds. The highest BCUT2D eigenvalue weighted by molar-refractivity contribution is 7.94. The van der Waals surface area contributed by atoms with Gasteiger partial charge >= 0.3 is 0 Å². The smallest absolute Gasteiger partial charge is 0.239 e. The summed E-state index contributed by atoms with van der Waals surface area (Å²) >= 11 is 1.26. The molecule has 1 aromatic rings. The van der Waals surface area contributed by atoms with E-state index >= 15 is 0 Å². The van der Waals surface area contributed by atoms with Crippen molar-refractivity contribution >= 4 is 26.5 Å². The molecular weight excluding hydrogens is 208 g/mol. The fraction of sp³-hybridized carbons (Fsp3) is 0.571. The van der Waals surface area contributed by atoms with Gasteiger partial charge in [0, 0.05) is 11.6 Å². The number of hydrogen-bond acceptors (Lipinski definition) is 4. The monoisotopic (exact) mass is 220 g/mol. The molecule has 1 N–H and O–H groups in total. The van der Waals surface area contributed by atoms with E-state index in [2.05, 4.69) is 9.71 Å². The van der Waals surface area contributed by atoms with Crippen LogP contribution in [0.2, 0.25) is 0 Å². The topological polar surface area (TPSA) is 59.1 Å². The van der Waals surface area contributed by atoms with Crippen LogP contribution in [0.1, 0.15) is 20.8 Å². The van der Waals surface area contributed by atoms with Crippen LogP contribution in [0.5, 0.6) is 0 Å². The minimum Gasteiger partial charge on any atom is -0.258 e. The van der Waals surface area contributed by atoms with Gasteiger partial charge < -0.3 is 0 Å². The number of sulfonamides is 1. The van der Waals surface area contributed by atoms with Gasteiger partial charge in [-0.25, -0.2) is 13.4 Å². The number of nitrogens with zero attached hydrogens (tertiary/aromatic N) is 1. The van der Waals surface area contributed by atoms with E-state index in [4.69, 9.17) is 0 Å². The Hall–Kier alpha value is -0.620. The average Bonchev–Trinajstić information content (AvgIpc) is 2.35. The van der Waals surface area contributed by atoms with Crippen LogP contribution in [0.25, 0.3) is 0 Å². The molecule has 0 saturated heterocycles. The molecule has 1 heterocycles. The van der Waals surface area contributed by atoms with Crippen LogP contribution < -0.4 is 4.72 Å². The van der Waals surface area contributed by atoms with E-state index in [0.717, 1.165) is 0 Å². The lowest BCUT2D eigenvalue weighted by Gasteiger charge is -2.18. The average molecular weight is 220 g/mol. The molecule has 13 heavy (non-hydrogen) atoms. The molecule has 0 bridgehead atoms. The van der Waals surface area contributed by atoms with Crippen LogP contribution in [0.3, 0.4) is 0 Å². The molecular formula is C7H12N2O2S2. The maximum Gasteiger partial charge on any atom is 0.239 e. The molecule has 0 aliphatic heterocycles. The Kier molecular flexibility index (Phi) is 2.63. The van der Waals surface area contributed by atoms with Gasteiger partial charge in [-0.15, -0.1) is 11.3 Å². The fourth-order valence-electron chi connectivity index (χ4n) is 0.542. The second kappa shape index (κ2) is 3.26. The molecule has 0 aliphatic rings. The molecule has 0 atom stereocenters. The summed E-state index contributed by atoms with van der Waals surface area (Å²) in [5.74, 6) is 0. The van der Waals surface area contributed by atoms with Crippen LogP contribution in [0, 0.1) is 0 Å². The predicted molar refractivity (Wildman–Crippen MR) is 54.4 cm³/mol. The summed E-state index contributed by atoms with van der Waals surface area (Å²) in [5.41, 5.74) is 0. The van der Waals surface area contributed by atoms with Crippen molar-refractivity contribution in [2.75, 3.05) is 4.72 Å². The largest absolute Gasteiger partial charge is 0.258 e. The Labute approximate surface area is 82.1 Å². The third kappa shape index (κ3) is 2.41. The van der Waals surface area contributed by atoms with Gasteiger partial charge in [0.15, 0.2) is 5.13 Å². The van der Waals surface area contributed by atoms with E-state index in [-0.39, 0.29) is 0 Å². The van der Waals surface area contributed by atoms with Gasteiger partial charge in [0.2, 0.25) is 10.0 Å². The summed E-state index contributed by atoms with van der Waals surface area (Å²) in [6.45, 7) is 4.93. The lowest BCUT2D eigenvalue weighted by Crippen LogP contribution is -2.33. The highest BCUT2D eigenvalue weighted by Gasteiger charge is 2.29. The molecule has 0 aromatic carbocycles. The Bertz CT molecular complexity index is 362. The molecule has 4 nitrogen and oxygen atoms in total. The minimum absolute atomic E-state index is 0.412. The number of rotatable bonds is 2. The lowest BCUT2D eigenvalue weighted by molar-refractivity contribution is 0.566. The third-order valence-electron chi connectivity index (χ3n) is 1.46. The van der Waals surface area contributed by atoms with Crippen molar-refractivity contribution < 1.29 is 8.42 Å². The standard InChI is InChI=1S/C7H12N2O2S2/c1-7(2,3)13(10,11)9-6-8-4-5-12-6/h4-5H,1-3H3,(H,8,9). The van der Waals surface area contributed by atoms with E-state index in [0.29, 0.717) is 5.13 Å². The second-order valence-corrected chi connectivity index (χ2v) is 6.89. The van der Waals surface area contributed by atoms with Crippen LogP contribution in [-0.2, 0) is 10.0 Å². The lowest BCUT2D eigenvalue weighted by atomic mass is 10.3. The van der Waals surface area contributed by atoms with Crippen LogP contribution >= 0.6 is 11.3 Å².